The fourth-order valence-electron chi connectivity index (χ4n) is 1.33. The van der Waals surface area contributed by atoms with Crippen molar-refractivity contribution in [1.82, 2.24) is 0 Å². The van der Waals surface area contributed by atoms with Crippen molar-refractivity contribution in [3.05, 3.63) is 53.6 Å². The van der Waals surface area contributed by atoms with Crippen LogP contribution in [-0.4, -0.2) is 7.05 Å². The molecule has 0 aliphatic carbocycles. The van der Waals surface area contributed by atoms with E-state index in [9.17, 15) is 0 Å². The van der Waals surface area contributed by atoms with Crippen LogP contribution in [0.5, 0.6) is 0 Å². The topological polar surface area (TPSA) is 12.0 Å². The Morgan fingerprint density at radius 3 is 1.88 bits per heavy atom. The average Bonchev–Trinajstić information content (AvgIpc) is 2.33. The first-order valence-electron chi connectivity index (χ1n) is 4.99. The summed E-state index contributed by atoms with van der Waals surface area (Å²) in [5.41, 5.74) is 1.13. The van der Waals surface area contributed by atoms with Gasteiger partial charge in [0.2, 0.25) is 0 Å². The molecular weight excluding hydrogens is 238 g/mol. The molecule has 0 radical (unpaired) electrons. The van der Waals surface area contributed by atoms with E-state index in [4.69, 9.17) is 11.6 Å². The quantitative estimate of drug-likeness (QED) is 0.858. The smallest absolute Gasteiger partial charge is 0.0406 e. The van der Waals surface area contributed by atoms with Gasteiger partial charge in [0.15, 0.2) is 0 Å². The molecule has 2 aromatic carbocycles. The summed E-state index contributed by atoms with van der Waals surface area (Å²) < 4.78 is 0. The number of hydrogen-bond acceptors (Lipinski definition) is 2. The highest BCUT2D eigenvalue weighted by Gasteiger charge is 1.97. The third-order valence-electron chi connectivity index (χ3n) is 2.19. The summed E-state index contributed by atoms with van der Waals surface area (Å²) in [6.07, 6.45) is 0. The van der Waals surface area contributed by atoms with Crippen LogP contribution in [0, 0.1) is 0 Å². The summed E-state index contributed by atoms with van der Waals surface area (Å²) in [5.74, 6) is 0. The van der Waals surface area contributed by atoms with Crippen LogP contribution in [-0.2, 0) is 0 Å². The number of rotatable bonds is 3. The Morgan fingerprint density at radius 1 is 0.875 bits per heavy atom. The summed E-state index contributed by atoms with van der Waals surface area (Å²) in [5, 5.41) is 3.87. The molecule has 0 heterocycles. The third-order valence-corrected chi connectivity index (χ3v) is 3.46. The van der Waals surface area contributed by atoms with Gasteiger partial charge in [-0.3, -0.25) is 0 Å². The Morgan fingerprint density at radius 2 is 1.38 bits per heavy atom. The van der Waals surface area contributed by atoms with Gasteiger partial charge in [0, 0.05) is 27.5 Å². The first kappa shape index (κ1) is 11.4. The second-order valence-electron chi connectivity index (χ2n) is 3.33. The standard InChI is InChI=1S/C13H12ClNS/c1-15-11-4-8-13(9-5-11)16-12-6-2-10(14)3-7-12/h2-9,15H,1H3. The lowest BCUT2D eigenvalue weighted by atomic mass is 10.3. The zero-order valence-electron chi connectivity index (χ0n) is 8.91. The van der Waals surface area contributed by atoms with Gasteiger partial charge < -0.3 is 5.32 Å². The molecule has 0 atom stereocenters. The molecule has 0 aliphatic heterocycles. The lowest BCUT2D eigenvalue weighted by Crippen LogP contribution is -1.86. The number of halogens is 1. The molecule has 2 rings (SSSR count). The lowest BCUT2D eigenvalue weighted by Gasteiger charge is -2.03. The maximum absolute atomic E-state index is 5.84. The van der Waals surface area contributed by atoms with Crippen molar-refractivity contribution < 1.29 is 0 Å². The number of hydrogen-bond donors (Lipinski definition) is 1. The molecule has 3 heteroatoms. The number of nitrogens with one attached hydrogen (secondary N) is 1. The maximum atomic E-state index is 5.84. The third kappa shape index (κ3) is 2.94. The molecule has 0 spiro atoms. The normalized spacial score (nSPS) is 10.1. The zero-order chi connectivity index (χ0) is 11.4. The van der Waals surface area contributed by atoms with Crippen LogP contribution in [0.2, 0.25) is 5.02 Å². The highest BCUT2D eigenvalue weighted by molar-refractivity contribution is 7.99. The van der Waals surface area contributed by atoms with E-state index in [-0.39, 0.29) is 0 Å². The van der Waals surface area contributed by atoms with Crippen molar-refractivity contribution in [3.8, 4) is 0 Å². The second kappa shape index (κ2) is 5.28. The van der Waals surface area contributed by atoms with E-state index < -0.39 is 0 Å². The number of anilines is 1. The van der Waals surface area contributed by atoms with Crippen LogP contribution >= 0.6 is 23.4 Å². The molecule has 0 saturated carbocycles. The van der Waals surface area contributed by atoms with Gasteiger partial charge >= 0.3 is 0 Å². The van der Waals surface area contributed by atoms with E-state index in [0.717, 1.165) is 10.7 Å². The second-order valence-corrected chi connectivity index (χ2v) is 4.91. The first-order valence-corrected chi connectivity index (χ1v) is 6.18. The van der Waals surface area contributed by atoms with Gasteiger partial charge in [0.1, 0.15) is 0 Å². The van der Waals surface area contributed by atoms with Crippen molar-refractivity contribution >= 4 is 29.1 Å². The van der Waals surface area contributed by atoms with Crippen molar-refractivity contribution in [1.29, 1.82) is 0 Å². The Bertz CT molecular complexity index is 450. The SMILES string of the molecule is CNc1ccc(Sc2ccc(Cl)cc2)cc1. The summed E-state index contributed by atoms with van der Waals surface area (Å²) in [7, 11) is 1.92. The molecule has 0 bridgehead atoms. The van der Waals surface area contributed by atoms with E-state index in [1.807, 2.05) is 31.3 Å². The van der Waals surface area contributed by atoms with E-state index in [0.29, 0.717) is 0 Å². The van der Waals surface area contributed by atoms with Gasteiger partial charge in [-0.2, -0.15) is 0 Å². The molecule has 1 N–H and O–H groups in total. The molecule has 0 unspecified atom stereocenters. The van der Waals surface area contributed by atoms with Crippen molar-refractivity contribution in [2.24, 2.45) is 0 Å². The Hall–Kier alpha value is -1.12. The zero-order valence-corrected chi connectivity index (χ0v) is 10.5. The average molecular weight is 250 g/mol. The highest BCUT2D eigenvalue weighted by atomic mass is 35.5. The Kier molecular flexibility index (Phi) is 3.75. The van der Waals surface area contributed by atoms with E-state index in [1.165, 1.54) is 9.79 Å². The van der Waals surface area contributed by atoms with Gasteiger partial charge in [-0.1, -0.05) is 23.4 Å². The van der Waals surface area contributed by atoms with E-state index in [1.54, 1.807) is 11.8 Å². The van der Waals surface area contributed by atoms with Gasteiger partial charge in [-0.15, -0.1) is 0 Å². The molecule has 16 heavy (non-hydrogen) atoms. The van der Waals surface area contributed by atoms with E-state index in [2.05, 4.69) is 29.6 Å². The van der Waals surface area contributed by atoms with Crippen LogP contribution < -0.4 is 5.32 Å². The largest absolute Gasteiger partial charge is 0.388 e. The van der Waals surface area contributed by atoms with Gasteiger partial charge in [0.25, 0.3) is 0 Å². The number of benzene rings is 2. The van der Waals surface area contributed by atoms with Crippen LogP contribution in [0.15, 0.2) is 58.3 Å². The molecular formula is C13H12ClNS. The van der Waals surface area contributed by atoms with Crippen LogP contribution in [0.3, 0.4) is 0 Å². The summed E-state index contributed by atoms with van der Waals surface area (Å²) in [4.78, 5) is 2.42. The molecule has 0 aliphatic rings. The Labute approximate surface area is 105 Å². The Balaban J connectivity index is 2.11. The molecule has 82 valence electrons. The minimum Gasteiger partial charge on any atom is -0.388 e. The minimum atomic E-state index is 0.773. The minimum absolute atomic E-state index is 0.773. The van der Waals surface area contributed by atoms with Gasteiger partial charge in [-0.25, -0.2) is 0 Å². The molecule has 0 amide bonds. The monoisotopic (exact) mass is 249 g/mol. The fraction of sp³-hybridized carbons (Fsp3) is 0.0769. The van der Waals surface area contributed by atoms with Crippen LogP contribution in [0.4, 0.5) is 5.69 Å². The van der Waals surface area contributed by atoms with E-state index >= 15 is 0 Å². The van der Waals surface area contributed by atoms with Gasteiger partial charge in [-0.05, 0) is 48.5 Å². The maximum Gasteiger partial charge on any atom is 0.0406 e. The predicted molar refractivity (Wildman–Crippen MR) is 71.6 cm³/mol. The van der Waals surface area contributed by atoms with Crippen LogP contribution in [0.1, 0.15) is 0 Å². The predicted octanol–water partition coefficient (Wildman–Crippen LogP) is 4.53. The molecule has 0 fully saturated rings. The molecule has 0 aromatic heterocycles. The summed E-state index contributed by atoms with van der Waals surface area (Å²) in [6, 6.07) is 16.2. The highest BCUT2D eigenvalue weighted by Crippen LogP contribution is 2.29. The summed E-state index contributed by atoms with van der Waals surface area (Å²) in [6.45, 7) is 0. The van der Waals surface area contributed by atoms with Crippen LogP contribution in [0.25, 0.3) is 0 Å². The fourth-order valence-corrected chi connectivity index (χ4v) is 2.27. The first-order chi connectivity index (χ1) is 7.78. The lowest BCUT2D eigenvalue weighted by molar-refractivity contribution is 1.39. The molecule has 1 nitrogen and oxygen atoms in total. The van der Waals surface area contributed by atoms with Crippen molar-refractivity contribution in [2.75, 3.05) is 12.4 Å². The molecule has 0 saturated heterocycles. The van der Waals surface area contributed by atoms with Gasteiger partial charge in [0.05, 0.1) is 0 Å². The summed E-state index contributed by atoms with van der Waals surface area (Å²) >= 11 is 7.57. The van der Waals surface area contributed by atoms with Crippen molar-refractivity contribution in [2.45, 2.75) is 9.79 Å². The van der Waals surface area contributed by atoms with Crippen molar-refractivity contribution in [3.63, 3.8) is 0 Å². The molecule has 2 aromatic rings.